The molecule has 0 bridgehead atoms. The maximum absolute atomic E-state index is 12.2. The number of hydrogen-bond acceptors (Lipinski definition) is 3. The third kappa shape index (κ3) is 2.62. The number of nitrogens with zero attached hydrogens (tertiary/aromatic N) is 2. The molecule has 1 aliphatic rings. The van der Waals surface area contributed by atoms with E-state index in [0.29, 0.717) is 11.6 Å². The lowest BCUT2D eigenvalue weighted by atomic mass is 10.00. The predicted octanol–water partition coefficient (Wildman–Crippen LogP) is 2.46. The Morgan fingerprint density at radius 1 is 1.30 bits per heavy atom. The summed E-state index contributed by atoms with van der Waals surface area (Å²) in [5.41, 5.74) is 1.58. The zero-order valence-electron chi connectivity index (χ0n) is 10.4. The molecule has 106 valence electrons. The molecule has 0 amide bonds. The molecule has 1 aliphatic heterocycles. The summed E-state index contributed by atoms with van der Waals surface area (Å²) in [6.45, 7) is 1.70. The number of hydrogen-bond donors (Lipinski definition) is 1. The molecule has 1 N–H and O–H groups in total. The number of halogens is 3. The van der Waals surface area contributed by atoms with E-state index >= 15 is 0 Å². The molecular weight excluding hydrogens is 271 g/mol. The largest absolute Gasteiger partial charge is 0.573 e. The van der Waals surface area contributed by atoms with Crippen LogP contribution in [0.15, 0.2) is 36.8 Å². The van der Waals surface area contributed by atoms with Crippen molar-refractivity contribution >= 4 is 0 Å². The summed E-state index contributed by atoms with van der Waals surface area (Å²) in [5, 5.41) is 3.16. The molecule has 20 heavy (non-hydrogen) atoms. The molecule has 0 radical (unpaired) electrons. The first-order valence-electron chi connectivity index (χ1n) is 6.12. The third-order valence-electron chi connectivity index (χ3n) is 3.20. The van der Waals surface area contributed by atoms with Gasteiger partial charge in [0, 0.05) is 37.0 Å². The second-order valence-electron chi connectivity index (χ2n) is 4.59. The molecule has 7 heteroatoms. The summed E-state index contributed by atoms with van der Waals surface area (Å²) in [5.74, 6) is 0.103. The SMILES string of the molecule is FC(F)(F)Oc1cccc(-n2cncc2C2CNC2)c1. The lowest BCUT2D eigenvalue weighted by Crippen LogP contribution is -2.40. The monoisotopic (exact) mass is 283 g/mol. The number of ether oxygens (including phenoxy) is 1. The fourth-order valence-corrected chi connectivity index (χ4v) is 2.15. The first kappa shape index (κ1) is 13.0. The van der Waals surface area contributed by atoms with E-state index in [9.17, 15) is 13.2 Å². The Balaban J connectivity index is 1.90. The predicted molar refractivity (Wildman–Crippen MR) is 65.9 cm³/mol. The molecule has 1 saturated heterocycles. The van der Waals surface area contributed by atoms with E-state index in [0.717, 1.165) is 18.8 Å². The van der Waals surface area contributed by atoms with Crippen LogP contribution in [0, 0.1) is 0 Å². The Hall–Kier alpha value is -2.02. The average molecular weight is 283 g/mol. The maximum Gasteiger partial charge on any atom is 0.573 e. The van der Waals surface area contributed by atoms with Crippen molar-refractivity contribution in [2.75, 3.05) is 13.1 Å². The van der Waals surface area contributed by atoms with E-state index in [-0.39, 0.29) is 5.75 Å². The van der Waals surface area contributed by atoms with Gasteiger partial charge in [-0.15, -0.1) is 13.2 Å². The van der Waals surface area contributed by atoms with Crippen LogP contribution in [0.3, 0.4) is 0 Å². The van der Waals surface area contributed by atoms with Crippen LogP contribution in [0.4, 0.5) is 13.2 Å². The van der Waals surface area contributed by atoms with Gasteiger partial charge in [0.15, 0.2) is 0 Å². The standard InChI is InChI=1S/C13H12F3N3O/c14-13(15,16)20-11-3-1-2-10(4-11)19-8-18-7-12(19)9-5-17-6-9/h1-4,7-9,17H,5-6H2. The van der Waals surface area contributed by atoms with Crippen LogP contribution in [0.25, 0.3) is 5.69 Å². The quantitative estimate of drug-likeness (QED) is 0.940. The first-order chi connectivity index (χ1) is 9.53. The normalized spacial score (nSPS) is 15.9. The van der Waals surface area contributed by atoms with Gasteiger partial charge in [0.1, 0.15) is 5.75 Å². The average Bonchev–Trinajstić information content (AvgIpc) is 2.73. The first-order valence-corrected chi connectivity index (χ1v) is 6.12. The Kier molecular flexibility index (Phi) is 3.13. The fourth-order valence-electron chi connectivity index (χ4n) is 2.15. The van der Waals surface area contributed by atoms with Crippen LogP contribution in [0.5, 0.6) is 5.75 Å². The van der Waals surface area contributed by atoms with E-state index in [4.69, 9.17) is 0 Å². The van der Waals surface area contributed by atoms with Gasteiger partial charge in [0.2, 0.25) is 0 Å². The van der Waals surface area contributed by atoms with Gasteiger partial charge in [-0.05, 0) is 12.1 Å². The van der Waals surface area contributed by atoms with Gasteiger partial charge < -0.3 is 14.6 Å². The van der Waals surface area contributed by atoms with Crippen LogP contribution < -0.4 is 10.1 Å². The van der Waals surface area contributed by atoms with Crippen molar-refractivity contribution in [3.63, 3.8) is 0 Å². The van der Waals surface area contributed by atoms with Crippen LogP contribution in [-0.4, -0.2) is 29.0 Å². The zero-order chi connectivity index (χ0) is 14.2. The highest BCUT2D eigenvalue weighted by Gasteiger charge is 2.31. The number of aromatic nitrogens is 2. The second kappa shape index (κ2) is 4.82. The van der Waals surface area contributed by atoms with Crippen LogP contribution in [0.1, 0.15) is 11.6 Å². The number of nitrogens with one attached hydrogen (secondary N) is 1. The summed E-state index contributed by atoms with van der Waals surface area (Å²) < 4.78 is 42.4. The smallest absolute Gasteiger partial charge is 0.406 e. The van der Waals surface area contributed by atoms with Crippen LogP contribution in [-0.2, 0) is 0 Å². The van der Waals surface area contributed by atoms with Gasteiger partial charge in [-0.2, -0.15) is 0 Å². The summed E-state index contributed by atoms with van der Waals surface area (Å²) in [4.78, 5) is 4.08. The van der Waals surface area contributed by atoms with Crippen molar-refractivity contribution in [1.82, 2.24) is 14.9 Å². The lowest BCUT2D eigenvalue weighted by Gasteiger charge is -2.27. The summed E-state index contributed by atoms with van der Waals surface area (Å²) in [6.07, 6.45) is -1.35. The Morgan fingerprint density at radius 2 is 2.10 bits per heavy atom. The van der Waals surface area contributed by atoms with Gasteiger partial charge in [0.05, 0.1) is 12.0 Å². The molecule has 4 nitrogen and oxygen atoms in total. The number of alkyl halides is 3. The summed E-state index contributed by atoms with van der Waals surface area (Å²) in [6, 6.07) is 5.88. The van der Waals surface area contributed by atoms with Crippen LogP contribution in [0.2, 0.25) is 0 Å². The minimum Gasteiger partial charge on any atom is -0.406 e. The summed E-state index contributed by atoms with van der Waals surface area (Å²) >= 11 is 0. The highest BCUT2D eigenvalue weighted by Crippen LogP contribution is 2.27. The molecule has 0 atom stereocenters. The number of rotatable bonds is 3. The van der Waals surface area contributed by atoms with E-state index in [1.54, 1.807) is 23.2 Å². The van der Waals surface area contributed by atoms with Gasteiger partial charge in [-0.3, -0.25) is 0 Å². The van der Waals surface area contributed by atoms with Crippen molar-refractivity contribution in [2.24, 2.45) is 0 Å². The van der Waals surface area contributed by atoms with Gasteiger partial charge in [0.25, 0.3) is 0 Å². The molecular formula is C13H12F3N3O. The second-order valence-corrected chi connectivity index (χ2v) is 4.59. The van der Waals surface area contributed by atoms with E-state index in [1.807, 2.05) is 0 Å². The van der Waals surface area contributed by atoms with Crippen molar-refractivity contribution < 1.29 is 17.9 Å². The van der Waals surface area contributed by atoms with Gasteiger partial charge >= 0.3 is 6.36 Å². The molecule has 1 aromatic heterocycles. The molecule has 3 rings (SSSR count). The molecule has 0 saturated carbocycles. The van der Waals surface area contributed by atoms with Gasteiger partial charge in [-0.25, -0.2) is 4.98 Å². The molecule has 0 aliphatic carbocycles. The fraction of sp³-hybridized carbons (Fsp3) is 0.308. The topological polar surface area (TPSA) is 39.1 Å². The van der Waals surface area contributed by atoms with Crippen molar-refractivity contribution in [2.45, 2.75) is 12.3 Å². The molecule has 0 spiro atoms. The molecule has 1 fully saturated rings. The van der Waals surface area contributed by atoms with E-state index < -0.39 is 6.36 Å². The van der Waals surface area contributed by atoms with Crippen LogP contribution >= 0.6 is 0 Å². The third-order valence-corrected chi connectivity index (χ3v) is 3.20. The highest BCUT2D eigenvalue weighted by atomic mass is 19.4. The number of benzene rings is 1. The maximum atomic E-state index is 12.2. The Bertz CT molecular complexity index is 605. The lowest BCUT2D eigenvalue weighted by molar-refractivity contribution is -0.274. The molecule has 1 aromatic carbocycles. The number of imidazole rings is 1. The van der Waals surface area contributed by atoms with E-state index in [2.05, 4.69) is 15.0 Å². The van der Waals surface area contributed by atoms with Crippen molar-refractivity contribution in [3.8, 4) is 11.4 Å². The minimum absolute atomic E-state index is 0.235. The van der Waals surface area contributed by atoms with Crippen molar-refractivity contribution in [1.29, 1.82) is 0 Å². The van der Waals surface area contributed by atoms with Crippen molar-refractivity contribution in [3.05, 3.63) is 42.5 Å². The minimum atomic E-state index is -4.69. The Morgan fingerprint density at radius 3 is 2.75 bits per heavy atom. The van der Waals surface area contributed by atoms with E-state index in [1.165, 1.54) is 18.2 Å². The van der Waals surface area contributed by atoms with Gasteiger partial charge in [-0.1, -0.05) is 6.07 Å². The highest BCUT2D eigenvalue weighted by molar-refractivity contribution is 5.41. The molecule has 0 unspecified atom stereocenters. The summed E-state index contributed by atoms with van der Waals surface area (Å²) in [7, 11) is 0. The Labute approximate surface area is 113 Å². The zero-order valence-corrected chi connectivity index (χ0v) is 10.4. The molecule has 2 aromatic rings. The molecule has 2 heterocycles.